The van der Waals surface area contributed by atoms with Crippen LogP contribution in [0.1, 0.15) is 19.4 Å². The molecule has 0 unspecified atom stereocenters. The van der Waals surface area contributed by atoms with Crippen molar-refractivity contribution in [1.82, 2.24) is 9.55 Å². The van der Waals surface area contributed by atoms with E-state index in [9.17, 15) is 4.79 Å². The number of nitrogens with zero attached hydrogens (tertiary/aromatic N) is 2. The third-order valence-corrected chi connectivity index (χ3v) is 3.37. The molecule has 2 aromatic carbocycles. The predicted molar refractivity (Wildman–Crippen MR) is 105 cm³/mol. The van der Waals surface area contributed by atoms with E-state index in [1.165, 1.54) is 16.5 Å². The van der Waals surface area contributed by atoms with E-state index >= 15 is 0 Å². The van der Waals surface area contributed by atoms with E-state index in [0.29, 0.717) is 12.5 Å². The van der Waals surface area contributed by atoms with Gasteiger partial charge in [-0.25, -0.2) is 9.78 Å². The molecule has 5 heteroatoms. The summed E-state index contributed by atoms with van der Waals surface area (Å²) in [6.07, 6.45) is 4.60. The minimum absolute atomic E-state index is 0.242. The molecule has 0 saturated heterocycles. The second kappa shape index (κ2) is 10.0. The Kier molecular flexibility index (Phi) is 7.43. The summed E-state index contributed by atoms with van der Waals surface area (Å²) >= 11 is 0. The fourth-order valence-electron chi connectivity index (χ4n) is 2.00. The van der Waals surface area contributed by atoms with E-state index in [1.807, 2.05) is 42.5 Å². The Labute approximate surface area is 154 Å². The average molecular weight is 351 g/mol. The number of benzene rings is 2. The first-order valence-electron chi connectivity index (χ1n) is 8.58. The van der Waals surface area contributed by atoms with E-state index in [0.717, 1.165) is 11.4 Å². The maximum atomic E-state index is 11.8. The van der Waals surface area contributed by atoms with Crippen LogP contribution >= 0.6 is 0 Å². The molecule has 0 saturated carbocycles. The highest BCUT2D eigenvalue weighted by atomic mass is 16.5. The number of ether oxygens (including phenoxy) is 1. The lowest BCUT2D eigenvalue weighted by Gasteiger charge is -2.09. The van der Waals surface area contributed by atoms with Gasteiger partial charge in [0.2, 0.25) is 0 Å². The van der Waals surface area contributed by atoms with E-state index < -0.39 is 0 Å². The monoisotopic (exact) mass is 351 g/mol. The number of rotatable bonds is 4. The number of amides is 1. The van der Waals surface area contributed by atoms with Crippen LogP contribution in [-0.2, 0) is 0 Å². The quantitative estimate of drug-likeness (QED) is 0.720. The van der Waals surface area contributed by atoms with Crippen molar-refractivity contribution in [2.24, 2.45) is 5.92 Å². The first-order valence-corrected chi connectivity index (χ1v) is 8.58. The summed E-state index contributed by atoms with van der Waals surface area (Å²) in [4.78, 5) is 15.6. The first kappa shape index (κ1) is 19.2. The minimum atomic E-state index is -0.242. The molecule has 0 fully saturated rings. The second-order valence-corrected chi connectivity index (χ2v) is 6.28. The minimum Gasteiger partial charge on any atom is -0.493 e. The van der Waals surface area contributed by atoms with Gasteiger partial charge < -0.3 is 10.1 Å². The van der Waals surface area contributed by atoms with Crippen molar-refractivity contribution in [2.45, 2.75) is 20.8 Å². The van der Waals surface area contributed by atoms with E-state index in [-0.39, 0.29) is 6.03 Å². The van der Waals surface area contributed by atoms with Crippen LogP contribution in [0.3, 0.4) is 0 Å². The van der Waals surface area contributed by atoms with Crippen molar-refractivity contribution in [3.8, 4) is 5.75 Å². The molecule has 1 aromatic heterocycles. The van der Waals surface area contributed by atoms with Gasteiger partial charge in [0.1, 0.15) is 12.1 Å². The van der Waals surface area contributed by atoms with Crippen LogP contribution in [-0.4, -0.2) is 22.2 Å². The van der Waals surface area contributed by atoms with E-state index in [4.69, 9.17) is 4.74 Å². The Hall–Kier alpha value is -3.08. The molecule has 3 aromatic rings. The molecule has 0 bridgehead atoms. The standard InChI is InChI=1S/C14H17N3O2.C7H8/c1-11(2)9-19-13-5-3-12(4-6-13)16-14(18)17-8-7-15-10-17;1-7-5-3-2-4-6-7/h3-8,10-11H,9H2,1-2H3,(H,16,18);2-6H,1H3. The molecule has 136 valence electrons. The van der Waals surface area contributed by atoms with E-state index in [1.54, 1.807) is 12.4 Å². The summed E-state index contributed by atoms with van der Waals surface area (Å²) in [5, 5.41) is 2.76. The molecule has 1 amide bonds. The van der Waals surface area contributed by atoms with E-state index in [2.05, 4.69) is 43.2 Å². The maximum Gasteiger partial charge on any atom is 0.331 e. The van der Waals surface area contributed by atoms with Crippen molar-refractivity contribution in [3.63, 3.8) is 0 Å². The van der Waals surface area contributed by atoms with Gasteiger partial charge in [-0.15, -0.1) is 0 Å². The number of anilines is 1. The molecule has 0 atom stereocenters. The Morgan fingerprint density at radius 3 is 2.31 bits per heavy atom. The third kappa shape index (κ3) is 6.81. The van der Waals surface area contributed by atoms with Crippen molar-refractivity contribution in [2.75, 3.05) is 11.9 Å². The van der Waals surface area contributed by atoms with Crippen molar-refractivity contribution < 1.29 is 9.53 Å². The molecule has 26 heavy (non-hydrogen) atoms. The summed E-state index contributed by atoms with van der Waals surface area (Å²) in [6, 6.07) is 17.3. The van der Waals surface area contributed by atoms with Gasteiger partial charge in [0.25, 0.3) is 0 Å². The fraction of sp³-hybridized carbons (Fsp3) is 0.238. The molecular weight excluding hydrogens is 326 g/mol. The summed E-state index contributed by atoms with van der Waals surface area (Å²) in [5.41, 5.74) is 2.04. The predicted octanol–water partition coefficient (Wildman–Crippen LogP) is 4.99. The van der Waals surface area contributed by atoms with Crippen LogP contribution in [0.25, 0.3) is 0 Å². The van der Waals surface area contributed by atoms with Crippen LogP contribution < -0.4 is 10.1 Å². The Morgan fingerprint density at radius 1 is 1.12 bits per heavy atom. The van der Waals surface area contributed by atoms with Gasteiger partial charge in [0.15, 0.2) is 0 Å². The average Bonchev–Trinajstić information content (AvgIpc) is 3.17. The Balaban J connectivity index is 0.000000290. The highest BCUT2D eigenvalue weighted by Gasteiger charge is 2.04. The molecule has 1 heterocycles. The second-order valence-electron chi connectivity index (χ2n) is 6.28. The number of carbonyl (C=O) groups excluding carboxylic acids is 1. The van der Waals surface area contributed by atoms with Gasteiger partial charge in [0, 0.05) is 18.1 Å². The summed E-state index contributed by atoms with van der Waals surface area (Å²) in [6.45, 7) is 6.96. The SMILES string of the molecule is CC(C)COc1ccc(NC(=O)n2ccnc2)cc1.Cc1ccccc1. The fourth-order valence-corrected chi connectivity index (χ4v) is 2.00. The lowest BCUT2D eigenvalue weighted by Crippen LogP contribution is -2.17. The van der Waals surface area contributed by atoms with Gasteiger partial charge in [-0.1, -0.05) is 49.7 Å². The van der Waals surface area contributed by atoms with Gasteiger partial charge in [-0.3, -0.25) is 4.57 Å². The zero-order valence-electron chi connectivity index (χ0n) is 15.4. The number of aryl methyl sites for hydroxylation is 1. The van der Waals surface area contributed by atoms with Crippen LogP contribution in [0.15, 0.2) is 73.3 Å². The zero-order valence-corrected chi connectivity index (χ0v) is 15.4. The highest BCUT2D eigenvalue weighted by Crippen LogP contribution is 2.16. The molecule has 0 spiro atoms. The van der Waals surface area contributed by atoms with Crippen LogP contribution in [0, 0.1) is 12.8 Å². The lowest BCUT2D eigenvalue weighted by molar-refractivity contribution is 0.253. The number of hydrogen-bond acceptors (Lipinski definition) is 3. The molecule has 1 N–H and O–H groups in total. The van der Waals surface area contributed by atoms with Crippen molar-refractivity contribution in [3.05, 3.63) is 78.9 Å². The van der Waals surface area contributed by atoms with Crippen LogP contribution in [0.5, 0.6) is 5.75 Å². The number of imidazole rings is 1. The summed E-state index contributed by atoms with van der Waals surface area (Å²) in [7, 11) is 0. The first-order chi connectivity index (χ1) is 12.5. The molecule has 0 aliphatic rings. The third-order valence-electron chi connectivity index (χ3n) is 3.37. The molecule has 3 rings (SSSR count). The molecule has 0 aliphatic carbocycles. The summed E-state index contributed by atoms with van der Waals surface area (Å²) < 4.78 is 6.95. The van der Waals surface area contributed by atoms with Gasteiger partial charge in [-0.05, 0) is 37.1 Å². The van der Waals surface area contributed by atoms with Gasteiger partial charge in [0.05, 0.1) is 6.61 Å². The molecule has 5 nitrogen and oxygen atoms in total. The Morgan fingerprint density at radius 2 is 1.81 bits per heavy atom. The van der Waals surface area contributed by atoms with Crippen LogP contribution in [0.4, 0.5) is 10.5 Å². The largest absolute Gasteiger partial charge is 0.493 e. The number of carbonyl (C=O) groups is 1. The van der Waals surface area contributed by atoms with Gasteiger partial charge >= 0.3 is 6.03 Å². The smallest absolute Gasteiger partial charge is 0.331 e. The van der Waals surface area contributed by atoms with Gasteiger partial charge in [-0.2, -0.15) is 0 Å². The zero-order chi connectivity index (χ0) is 18.8. The number of aromatic nitrogens is 2. The lowest BCUT2D eigenvalue weighted by atomic mass is 10.2. The molecule has 0 radical (unpaired) electrons. The summed E-state index contributed by atoms with van der Waals surface area (Å²) in [5.74, 6) is 1.29. The number of hydrogen-bond donors (Lipinski definition) is 1. The normalized spacial score (nSPS) is 10.0. The Bertz CT molecular complexity index is 767. The van der Waals surface area contributed by atoms with Crippen LogP contribution in [0.2, 0.25) is 0 Å². The molecular formula is C21H25N3O2. The maximum absolute atomic E-state index is 11.8. The number of nitrogens with one attached hydrogen (secondary N) is 1. The molecule has 0 aliphatic heterocycles. The van der Waals surface area contributed by atoms with Crippen molar-refractivity contribution in [1.29, 1.82) is 0 Å². The topological polar surface area (TPSA) is 56.1 Å². The highest BCUT2D eigenvalue weighted by molar-refractivity contribution is 5.90. The van der Waals surface area contributed by atoms with Crippen molar-refractivity contribution >= 4 is 11.7 Å².